The Labute approximate surface area is 137 Å². The van der Waals surface area contributed by atoms with E-state index in [1.54, 1.807) is 0 Å². The molecule has 0 aromatic rings. The lowest BCUT2D eigenvalue weighted by Gasteiger charge is -2.34. The Kier molecular flexibility index (Phi) is 6.02. The molecule has 0 aromatic carbocycles. The highest BCUT2D eigenvalue weighted by Gasteiger charge is 2.41. The van der Waals surface area contributed by atoms with Gasteiger partial charge in [0.2, 0.25) is 11.8 Å². The summed E-state index contributed by atoms with van der Waals surface area (Å²) in [5, 5.41) is 15.2. The van der Waals surface area contributed by atoms with Crippen molar-refractivity contribution in [2.24, 2.45) is 11.3 Å². The summed E-state index contributed by atoms with van der Waals surface area (Å²) in [5.74, 6) is -1.12. The van der Waals surface area contributed by atoms with Crippen LogP contribution < -0.4 is 10.6 Å². The number of carbonyl (C=O) groups excluding carboxylic acids is 2. The number of hydrogen-bond acceptors (Lipinski definition) is 3. The van der Waals surface area contributed by atoms with Crippen LogP contribution in [0.3, 0.4) is 0 Å². The van der Waals surface area contributed by atoms with Gasteiger partial charge in [0, 0.05) is 13.5 Å². The number of carbonyl (C=O) groups is 3. The molecule has 1 unspecified atom stereocenters. The molecule has 6 nitrogen and oxygen atoms in total. The second-order valence-electron chi connectivity index (χ2n) is 7.09. The van der Waals surface area contributed by atoms with Crippen LogP contribution in [0.25, 0.3) is 0 Å². The van der Waals surface area contributed by atoms with E-state index in [1.807, 2.05) is 0 Å². The highest BCUT2D eigenvalue weighted by molar-refractivity contribution is 5.87. The first-order chi connectivity index (χ1) is 10.9. The summed E-state index contributed by atoms with van der Waals surface area (Å²) in [6.07, 6.45) is 8.07. The molecule has 0 saturated heterocycles. The van der Waals surface area contributed by atoms with Crippen LogP contribution in [-0.4, -0.2) is 35.5 Å². The highest BCUT2D eigenvalue weighted by Crippen LogP contribution is 2.36. The number of rotatable bonds is 6. The molecule has 3 N–H and O–H groups in total. The fraction of sp³-hybridized carbons (Fsp3) is 0.824. The van der Waals surface area contributed by atoms with Gasteiger partial charge >= 0.3 is 5.97 Å². The average Bonchev–Trinajstić information content (AvgIpc) is 3.05. The molecule has 2 fully saturated rings. The SMILES string of the molecule is CC(=O)NC(C(=O)NCC1(C(=O)O)CCCCC1)C1CCCC1. The highest BCUT2D eigenvalue weighted by atomic mass is 16.4. The Balaban J connectivity index is 1.99. The van der Waals surface area contributed by atoms with Crippen LogP contribution in [0.4, 0.5) is 0 Å². The predicted molar refractivity (Wildman–Crippen MR) is 85.7 cm³/mol. The van der Waals surface area contributed by atoms with Gasteiger partial charge in [0.25, 0.3) is 0 Å². The molecule has 6 heteroatoms. The van der Waals surface area contributed by atoms with Crippen molar-refractivity contribution in [1.82, 2.24) is 10.6 Å². The first kappa shape index (κ1) is 17.8. The van der Waals surface area contributed by atoms with Crippen molar-refractivity contribution >= 4 is 17.8 Å². The van der Waals surface area contributed by atoms with E-state index in [4.69, 9.17) is 0 Å². The fourth-order valence-corrected chi connectivity index (χ4v) is 3.97. The zero-order chi connectivity index (χ0) is 16.9. The standard InChI is InChI=1S/C17H28N2O4/c1-12(20)19-14(13-7-3-4-8-13)15(21)18-11-17(16(22)23)9-5-2-6-10-17/h13-14H,2-11H2,1H3,(H,18,21)(H,19,20)(H,22,23). The van der Waals surface area contributed by atoms with E-state index in [9.17, 15) is 19.5 Å². The van der Waals surface area contributed by atoms with E-state index >= 15 is 0 Å². The van der Waals surface area contributed by atoms with Crippen molar-refractivity contribution in [3.05, 3.63) is 0 Å². The number of hydrogen-bond donors (Lipinski definition) is 3. The molecule has 2 aliphatic carbocycles. The van der Waals surface area contributed by atoms with Crippen molar-refractivity contribution in [1.29, 1.82) is 0 Å². The largest absolute Gasteiger partial charge is 0.481 e. The first-order valence-corrected chi connectivity index (χ1v) is 8.73. The Bertz CT molecular complexity index is 452. The first-order valence-electron chi connectivity index (χ1n) is 8.73. The summed E-state index contributed by atoms with van der Waals surface area (Å²) in [4.78, 5) is 35.6. The molecule has 0 spiro atoms. The fourth-order valence-electron chi connectivity index (χ4n) is 3.97. The van der Waals surface area contributed by atoms with Crippen LogP contribution in [0.2, 0.25) is 0 Å². The van der Waals surface area contributed by atoms with E-state index in [-0.39, 0.29) is 24.3 Å². The molecule has 1 atom stereocenters. The minimum absolute atomic E-state index is 0.157. The van der Waals surface area contributed by atoms with E-state index in [0.29, 0.717) is 12.8 Å². The monoisotopic (exact) mass is 324 g/mol. The lowest BCUT2D eigenvalue weighted by atomic mass is 9.74. The molecule has 2 aliphatic rings. The van der Waals surface area contributed by atoms with Crippen molar-refractivity contribution in [3.63, 3.8) is 0 Å². The molecule has 0 bridgehead atoms. The van der Waals surface area contributed by atoms with E-state index in [1.165, 1.54) is 6.92 Å². The van der Waals surface area contributed by atoms with Gasteiger partial charge in [-0.15, -0.1) is 0 Å². The van der Waals surface area contributed by atoms with Crippen LogP contribution in [0, 0.1) is 11.3 Å². The molecule has 23 heavy (non-hydrogen) atoms. The second kappa shape index (κ2) is 7.79. The molecule has 0 aliphatic heterocycles. The number of carboxylic acid groups (broad SMARTS) is 1. The summed E-state index contributed by atoms with van der Waals surface area (Å²) < 4.78 is 0. The van der Waals surface area contributed by atoms with Gasteiger partial charge in [0.05, 0.1) is 5.41 Å². The molecule has 0 aromatic heterocycles. The smallest absolute Gasteiger partial charge is 0.311 e. The van der Waals surface area contributed by atoms with Gasteiger partial charge in [-0.05, 0) is 31.6 Å². The van der Waals surface area contributed by atoms with Crippen molar-refractivity contribution in [2.45, 2.75) is 70.8 Å². The minimum Gasteiger partial charge on any atom is -0.481 e. The topological polar surface area (TPSA) is 95.5 Å². The molecular weight excluding hydrogens is 296 g/mol. The van der Waals surface area contributed by atoms with Crippen LogP contribution >= 0.6 is 0 Å². The third kappa shape index (κ3) is 4.45. The zero-order valence-corrected chi connectivity index (χ0v) is 13.9. The third-order valence-electron chi connectivity index (χ3n) is 5.38. The summed E-state index contributed by atoms with van der Waals surface area (Å²) in [7, 11) is 0. The summed E-state index contributed by atoms with van der Waals surface area (Å²) in [6, 6.07) is -0.538. The molecule has 0 radical (unpaired) electrons. The molecule has 2 amide bonds. The zero-order valence-electron chi connectivity index (χ0n) is 13.9. The molecule has 130 valence electrons. The lowest BCUT2D eigenvalue weighted by Crippen LogP contribution is -2.53. The Morgan fingerprint density at radius 1 is 1.09 bits per heavy atom. The number of nitrogens with one attached hydrogen (secondary N) is 2. The van der Waals surface area contributed by atoms with Crippen LogP contribution in [0.1, 0.15) is 64.7 Å². The maximum absolute atomic E-state index is 12.6. The van der Waals surface area contributed by atoms with Gasteiger partial charge in [-0.1, -0.05) is 32.1 Å². The van der Waals surface area contributed by atoms with E-state index in [2.05, 4.69) is 10.6 Å². The summed E-state index contributed by atoms with van der Waals surface area (Å²) >= 11 is 0. The van der Waals surface area contributed by atoms with Gasteiger partial charge in [-0.25, -0.2) is 0 Å². The van der Waals surface area contributed by atoms with Crippen LogP contribution in [0.5, 0.6) is 0 Å². The Morgan fingerprint density at radius 3 is 2.22 bits per heavy atom. The summed E-state index contributed by atoms with van der Waals surface area (Å²) in [5.41, 5.74) is -0.843. The second-order valence-corrected chi connectivity index (χ2v) is 7.09. The van der Waals surface area contributed by atoms with Gasteiger partial charge in [0.1, 0.15) is 6.04 Å². The number of carboxylic acids is 1. The predicted octanol–water partition coefficient (Wildman–Crippen LogP) is 1.83. The molecule has 2 saturated carbocycles. The molecule has 0 heterocycles. The maximum Gasteiger partial charge on any atom is 0.311 e. The minimum atomic E-state index is -0.843. The quantitative estimate of drug-likeness (QED) is 0.694. The molecular formula is C17H28N2O4. The normalized spacial score (nSPS) is 22.3. The van der Waals surface area contributed by atoms with Crippen LogP contribution in [-0.2, 0) is 14.4 Å². The summed E-state index contributed by atoms with van der Waals surface area (Å²) in [6.45, 7) is 1.57. The Morgan fingerprint density at radius 2 is 1.70 bits per heavy atom. The number of aliphatic carboxylic acids is 1. The van der Waals surface area contributed by atoms with Gasteiger partial charge in [0.15, 0.2) is 0 Å². The van der Waals surface area contributed by atoms with E-state index in [0.717, 1.165) is 44.9 Å². The number of amides is 2. The van der Waals surface area contributed by atoms with Crippen LogP contribution in [0.15, 0.2) is 0 Å². The third-order valence-corrected chi connectivity index (χ3v) is 5.38. The van der Waals surface area contributed by atoms with Crippen molar-refractivity contribution in [2.75, 3.05) is 6.54 Å². The Hall–Kier alpha value is -1.59. The maximum atomic E-state index is 12.6. The van der Waals surface area contributed by atoms with Gasteiger partial charge < -0.3 is 15.7 Å². The van der Waals surface area contributed by atoms with Crippen molar-refractivity contribution < 1.29 is 19.5 Å². The average molecular weight is 324 g/mol. The van der Waals surface area contributed by atoms with Gasteiger partial charge in [-0.3, -0.25) is 14.4 Å². The van der Waals surface area contributed by atoms with E-state index < -0.39 is 17.4 Å². The van der Waals surface area contributed by atoms with Gasteiger partial charge in [-0.2, -0.15) is 0 Å². The lowest BCUT2D eigenvalue weighted by molar-refractivity contribution is -0.151. The molecule has 2 rings (SSSR count). The van der Waals surface area contributed by atoms with Crippen molar-refractivity contribution in [3.8, 4) is 0 Å².